The Morgan fingerprint density at radius 1 is 1.56 bits per heavy atom. The number of aryl methyl sites for hydroxylation is 1. The van der Waals surface area contributed by atoms with Crippen LogP contribution < -0.4 is 11.2 Å². The van der Waals surface area contributed by atoms with Crippen molar-refractivity contribution in [2.75, 3.05) is 7.11 Å². The molecule has 1 unspecified atom stereocenters. The largest absolute Gasteiger partial charge is 0.436 e. The van der Waals surface area contributed by atoms with Gasteiger partial charge in [-0.05, 0) is 0 Å². The molecule has 0 aliphatic rings. The molecule has 0 saturated carbocycles. The van der Waals surface area contributed by atoms with Crippen LogP contribution in [0.5, 0.6) is 0 Å². The molecule has 1 aromatic rings. The monoisotopic (exact) mass is 260 g/mol. The minimum atomic E-state index is -1.07. The maximum absolute atomic E-state index is 13.0. The van der Waals surface area contributed by atoms with E-state index in [4.69, 9.17) is 9.47 Å². The summed E-state index contributed by atoms with van der Waals surface area (Å²) < 4.78 is 23.5. The van der Waals surface area contributed by atoms with Crippen molar-refractivity contribution in [3.63, 3.8) is 0 Å². The quantitative estimate of drug-likeness (QED) is 0.574. The van der Waals surface area contributed by atoms with E-state index in [9.17, 15) is 18.8 Å². The highest BCUT2D eigenvalue weighted by atomic mass is 19.1. The smallest absolute Gasteiger partial charge is 0.328 e. The van der Waals surface area contributed by atoms with Crippen molar-refractivity contribution in [3.8, 4) is 0 Å². The fourth-order valence-corrected chi connectivity index (χ4v) is 1.30. The molecule has 0 radical (unpaired) electrons. The number of ether oxygens (including phenoxy) is 2. The standard InChI is InChI=1S/C10H13FN2O5/c1-6(14)18-8(17-2)3-4-13-5-7(11)9(15)12-10(13)16/h5,8H,3-4H2,1-2H3,(H,12,15,16). The first-order chi connectivity index (χ1) is 8.43. The van der Waals surface area contributed by atoms with E-state index in [0.717, 1.165) is 10.8 Å². The minimum absolute atomic E-state index is 0.0400. The first kappa shape index (κ1) is 14.1. The summed E-state index contributed by atoms with van der Waals surface area (Å²) in [4.78, 5) is 34.6. The normalized spacial score (nSPS) is 12.2. The number of carbonyl (C=O) groups is 1. The SMILES string of the molecule is COC(CCn1cc(F)c(=O)[nH]c1=O)OC(C)=O. The van der Waals surface area contributed by atoms with E-state index in [-0.39, 0.29) is 13.0 Å². The van der Waals surface area contributed by atoms with Gasteiger partial charge in [0.2, 0.25) is 12.1 Å². The predicted molar refractivity (Wildman–Crippen MR) is 58.5 cm³/mol. The molecule has 0 spiro atoms. The van der Waals surface area contributed by atoms with Crippen LogP contribution in [0.4, 0.5) is 4.39 Å². The number of aromatic amines is 1. The van der Waals surface area contributed by atoms with E-state index in [1.54, 1.807) is 0 Å². The second kappa shape index (κ2) is 6.10. The van der Waals surface area contributed by atoms with Crippen LogP contribution in [-0.4, -0.2) is 28.9 Å². The zero-order valence-corrected chi connectivity index (χ0v) is 9.94. The van der Waals surface area contributed by atoms with Crippen LogP contribution in [0, 0.1) is 5.82 Å². The summed E-state index contributed by atoms with van der Waals surface area (Å²) >= 11 is 0. The molecule has 0 aliphatic heterocycles. The second-order valence-corrected chi connectivity index (χ2v) is 3.49. The number of hydrogen-bond acceptors (Lipinski definition) is 5. The number of hydrogen-bond donors (Lipinski definition) is 1. The Bertz CT molecular complexity index is 536. The molecule has 1 atom stereocenters. The number of nitrogens with one attached hydrogen (secondary N) is 1. The van der Waals surface area contributed by atoms with Gasteiger partial charge in [-0.25, -0.2) is 4.79 Å². The summed E-state index contributed by atoms with van der Waals surface area (Å²) in [5.41, 5.74) is -1.81. The third-order valence-electron chi connectivity index (χ3n) is 2.13. The molecule has 0 saturated heterocycles. The molecule has 8 heteroatoms. The predicted octanol–water partition coefficient (Wildman–Crippen LogP) is -0.399. The van der Waals surface area contributed by atoms with Gasteiger partial charge in [-0.15, -0.1) is 0 Å². The van der Waals surface area contributed by atoms with Crippen LogP contribution in [0.1, 0.15) is 13.3 Å². The Hall–Kier alpha value is -1.96. The van der Waals surface area contributed by atoms with Gasteiger partial charge in [0.05, 0.1) is 6.20 Å². The number of rotatable bonds is 5. The number of carbonyl (C=O) groups excluding carboxylic acids is 1. The topological polar surface area (TPSA) is 90.4 Å². The highest BCUT2D eigenvalue weighted by Crippen LogP contribution is 2.01. The molecule has 0 amide bonds. The van der Waals surface area contributed by atoms with Crippen LogP contribution in [0.3, 0.4) is 0 Å². The summed E-state index contributed by atoms with van der Waals surface area (Å²) in [5.74, 6) is -1.59. The molecule has 100 valence electrons. The molecule has 1 N–H and O–H groups in total. The molecule has 0 fully saturated rings. The van der Waals surface area contributed by atoms with Gasteiger partial charge in [0.15, 0.2) is 0 Å². The van der Waals surface area contributed by atoms with Gasteiger partial charge in [-0.2, -0.15) is 4.39 Å². The Balaban J connectivity index is 2.74. The first-order valence-corrected chi connectivity index (χ1v) is 5.13. The van der Waals surface area contributed by atoms with E-state index in [0.29, 0.717) is 0 Å². The van der Waals surface area contributed by atoms with Gasteiger partial charge in [0.25, 0.3) is 5.56 Å². The van der Waals surface area contributed by atoms with Gasteiger partial charge < -0.3 is 9.47 Å². The fraction of sp³-hybridized carbons (Fsp3) is 0.500. The van der Waals surface area contributed by atoms with E-state index < -0.39 is 29.3 Å². The minimum Gasteiger partial charge on any atom is -0.436 e. The summed E-state index contributed by atoms with van der Waals surface area (Å²) in [5, 5.41) is 0. The second-order valence-electron chi connectivity index (χ2n) is 3.49. The van der Waals surface area contributed by atoms with Crippen molar-refractivity contribution < 1.29 is 18.7 Å². The average molecular weight is 260 g/mol. The highest BCUT2D eigenvalue weighted by Gasteiger charge is 2.12. The van der Waals surface area contributed by atoms with Crippen LogP contribution in [0.25, 0.3) is 0 Å². The Morgan fingerprint density at radius 3 is 2.78 bits per heavy atom. The molecular formula is C10H13FN2O5. The molecular weight excluding hydrogens is 247 g/mol. The van der Waals surface area contributed by atoms with Gasteiger partial charge in [0.1, 0.15) is 0 Å². The summed E-state index contributed by atoms with van der Waals surface area (Å²) in [6, 6.07) is 0. The van der Waals surface area contributed by atoms with Crippen molar-refractivity contribution in [2.24, 2.45) is 0 Å². The maximum Gasteiger partial charge on any atom is 0.328 e. The molecule has 1 aromatic heterocycles. The van der Waals surface area contributed by atoms with Crippen molar-refractivity contribution in [2.45, 2.75) is 26.2 Å². The number of H-pyrrole nitrogens is 1. The third-order valence-corrected chi connectivity index (χ3v) is 2.13. The zero-order chi connectivity index (χ0) is 13.7. The van der Waals surface area contributed by atoms with E-state index >= 15 is 0 Å². The van der Waals surface area contributed by atoms with Crippen molar-refractivity contribution in [1.29, 1.82) is 0 Å². The van der Waals surface area contributed by atoms with Crippen molar-refractivity contribution in [1.82, 2.24) is 9.55 Å². The molecule has 1 heterocycles. The molecule has 18 heavy (non-hydrogen) atoms. The molecule has 1 rings (SSSR count). The van der Waals surface area contributed by atoms with Crippen LogP contribution in [-0.2, 0) is 20.8 Å². The Morgan fingerprint density at radius 2 is 2.22 bits per heavy atom. The maximum atomic E-state index is 13.0. The van der Waals surface area contributed by atoms with E-state index in [2.05, 4.69) is 0 Å². The molecule has 0 aliphatic carbocycles. The van der Waals surface area contributed by atoms with Gasteiger partial charge in [0, 0.05) is 27.0 Å². The van der Waals surface area contributed by atoms with Crippen molar-refractivity contribution >= 4 is 5.97 Å². The molecule has 0 aromatic carbocycles. The number of esters is 1. The van der Waals surface area contributed by atoms with E-state index in [1.165, 1.54) is 14.0 Å². The lowest BCUT2D eigenvalue weighted by atomic mass is 10.4. The third kappa shape index (κ3) is 3.81. The summed E-state index contributed by atoms with van der Waals surface area (Å²) in [6.45, 7) is 1.26. The van der Waals surface area contributed by atoms with Gasteiger partial charge in [-0.3, -0.25) is 19.1 Å². The lowest BCUT2D eigenvalue weighted by Gasteiger charge is -2.15. The van der Waals surface area contributed by atoms with E-state index in [1.807, 2.05) is 4.98 Å². The Labute approximate surface area is 101 Å². The van der Waals surface area contributed by atoms with Crippen LogP contribution in [0.2, 0.25) is 0 Å². The Kier molecular flexibility index (Phi) is 4.78. The number of methoxy groups -OCH3 is 1. The van der Waals surface area contributed by atoms with Gasteiger partial charge >= 0.3 is 11.7 Å². The lowest BCUT2D eigenvalue weighted by Crippen LogP contribution is -2.32. The number of nitrogens with zero attached hydrogens (tertiary/aromatic N) is 1. The zero-order valence-electron chi connectivity index (χ0n) is 9.94. The summed E-state index contributed by atoms with van der Waals surface area (Å²) in [6.07, 6.45) is 0.118. The highest BCUT2D eigenvalue weighted by molar-refractivity contribution is 5.66. The first-order valence-electron chi connectivity index (χ1n) is 5.13. The fourth-order valence-electron chi connectivity index (χ4n) is 1.30. The number of aromatic nitrogens is 2. The van der Waals surface area contributed by atoms with Crippen molar-refractivity contribution in [3.05, 3.63) is 32.9 Å². The lowest BCUT2D eigenvalue weighted by molar-refractivity contribution is -0.172. The van der Waals surface area contributed by atoms with Crippen LogP contribution >= 0.6 is 0 Å². The summed E-state index contributed by atoms with van der Waals surface area (Å²) in [7, 11) is 1.34. The average Bonchev–Trinajstić information content (AvgIpc) is 2.29. The van der Waals surface area contributed by atoms with Crippen LogP contribution in [0.15, 0.2) is 15.8 Å². The van der Waals surface area contributed by atoms with Gasteiger partial charge in [-0.1, -0.05) is 0 Å². The molecule has 7 nitrogen and oxygen atoms in total. The molecule has 0 bridgehead atoms. The number of halogens is 1.